The second-order valence-electron chi connectivity index (χ2n) is 5.52. The molecule has 0 saturated heterocycles. The van der Waals surface area contributed by atoms with E-state index >= 15 is 0 Å². The third-order valence-electron chi connectivity index (χ3n) is 3.51. The van der Waals surface area contributed by atoms with E-state index in [1.807, 2.05) is 19.9 Å². The van der Waals surface area contributed by atoms with Gasteiger partial charge < -0.3 is 16.0 Å². The molecule has 0 aliphatic rings. The molecule has 4 heteroatoms. The predicted octanol–water partition coefficient (Wildman–Crippen LogP) is 1.61. The Morgan fingerprint density at radius 1 is 1.30 bits per heavy atom. The monoisotopic (exact) mass is 277 g/mol. The van der Waals surface area contributed by atoms with Crippen molar-refractivity contribution in [1.82, 2.24) is 10.2 Å². The SMILES string of the molecule is CC(N)C(C)C(=O)NCCCN(C)Cc1ccccc1. The molecular formula is C16H27N3O. The first kappa shape index (κ1) is 16.7. The zero-order valence-corrected chi connectivity index (χ0v) is 12.8. The summed E-state index contributed by atoms with van der Waals surface area (Å²) < 4.78 is 0. The van der Waals surface area contributed by atoms with E-state index < -0.39 is 0 Å². The Bertz CT molecular complexity index is 392. The Hall–Kier alpha value is -1.39. The number of hydrogen-bond donors (Lipinski definition) is 2. The van der Waals surface area contributed by atoms with Gasteiger partial charge in [0.1, 0.15) is 0 Å². The Labute approximate surface area is 122 Å². The van der Waals surface area contributed by atoms with Crippen molar-refractivity contribution in [2.75, 3.05) is 20.1 Å². The van der Waals surface area contributed by atoms with Crippen LogP contribution in [0.1, 0.15) is 25.8 Å². The van der Waals surface area contributed by atoms with E-state index in [2.05, 4.69) is 41.5 Å². The van der Waals surface area contributed by atoms with Crippen LogP contribution in [0.2, 0.25) is 0 Å². The summed E-state index contributed by atoms with van der Waals surface area (Å²) in [4.78, 5) is 14.0. The highest BCUT2D eigenvalue weighted by atomic mass is 16.1. The molecule has 1 amide bonds. The fourth-order valence-electron chi connectivity index (χ4n) is 1.93. The molecule has 1 aromatic carbocycles. The first-order chi connectivity index (χ1) is 9.50. The third kappa shape index (κ3) is 6.17. The van der Waals surface area contributed by atoms with Crippen molar-refractivity contribution in [1.29, 1.82) is 0 Å². The molecule has 1 aromatic rings. The minimum absolute atomic E-state index is 0.0470. The standard InChI is InChI=1S/C16H27N3O/c1-13(14(2)17)16(20)18-10-7-11-19(3)12-15-8-5-4-6-9-15/h4-6,8-9,13-14H,7,10-12,17H2,1-3H3,(H,18,20). The molecule has 0 aliphatic heterocycles. The molecule has 0 fully saturated rings. The number of benzene rings is 1. The van der Waals surface area contributed by atoms with Crippen LogP contribution in [-0.2, 0) is 11.3 Å². The van der Waals surface area contributed by atoms with Crippen molar-refractivity contribution < 1.29 is 4.79 Å². The molecule has 2 atom stereocenters. The van der Waals surface area contributed by atoms with E-state index in [1.165, 1.54) is 5.56 Å². The van der Waals surface area contributed by atoms with Crippen LogP contribution in [0.25, 0.3) is 0 Å². The van der Waals surface area contributed by atoms with Crippen LogP contribution in [0.4, 0.5) is 0 Å². The minimum Gasteiger partial charge on any atom is -0.356 e. The number of nitrogens with one attached hydrogen (secondary N) is 1. The highest BCUT2D eigenvalue weighted by molar-refractivity contribution is 5.78. The lowest BCUT2D eigenvalue weighted by atomic mass is 10.0. The summed E-state index contributed by atoms with van der Waals surface area (Å²) in [7, 11) is 2.10. The Morgan fingerprint density at radius 3 is 2.55 bits per heavy atom. The average molecular weight is 277 g/mol. The van der Waals surface area contributed by atoms with Gasteiger partial charge in [-0.05, 0) is 32.5 Å². The van der Waals surface area contributed by atoms with Gasteiger partial charge in [-0.2, -0.15) is 0 Å². The molecule has 0 bridgehead atoms. The van der Waals surface area contributed by atoms with Crippen molar-refractivity contribution >= 4 is 5.91 Å². The fraction of sp³-hybridized carbons (Fsp3) is 0.562. The third-order valence-corrected chi connectivity index (χ3v) is 3.51. The quantitative estimate of drug-likeness (QED) is 0.710. The molecule has 0 spiro atoms. The number of nitrogens with zero attached hydrogens (tertiary/aromatic N) is 1. The van der Waals surface area contributed by atoms with Crippen LogP contribution < -0.4 is 11.1 Å². The molecule has 112 valence electrons. The van der Waals surface area contributed by atoms with Gasteiger partial charge in [0, 0.05) is 25.0 Å². The molecular weight excluding hydrogens is 250 g/mol. The maximum atomic E-state index is 11.7. The van der Waals surface area contributed by atoms with Crippen molar-refractivity contribution in [2.45, 2.75) is 32.9 Å². The number of amides is 1. The van der Waals surface area contributed by atoms with Gasteiger partial charge in [-0.25, -0.2) is 0 Å². The Balaban J connectivity index is 2.16. The lowest BCUT2D eigenvalue weighted by molar-refractivity contribution is -0.124. The highest BCUT2D eigenvalue weighted by Crippen LogP contribution is 2.03. The van der Waals surface area contributed by atoms with Crippen LogP contribution in [0.5, 0.6) is 0 Å². The smallest absolute Gasteiger partial charge is 0.224 e. The lowest BCUT2D eigenvalue weighted by Gasteiger charge is -2.18. The van der Waals surface area contributed by atoms with Crippen LogP contribution in [0, 0.1) is 5.92 Å². The number of carbonyl (C=O) groups is 1. The maximum absolute atomic E-state index is 11.7. The van der Waals surface area contributed by atoms with Crippen LogP contribution in [-0.4, -0.2) is 37.0 Å². The van der Waals surface area contributed by atoms with Gasteiger partial charge in [-0.1, -0.05) is 37.3 Å². The highest BCUT2D eigenvalue weighted by Gasteiger charge is 2.15. The summed E-state index contributed by atoms with van der Waals surface area (Å²) in [5.41, 5.74) is 7.02. The lowest BCUT2D eigenvalue weighted by Crippen LogP contribution is -2.39. The van der Waals surface area contributed by atoms with Gasteiger partial charge in [0.2, 0.25) is 5.91 Å². The predicted molar refractivity (Wildman–Crippen MR) is 83.2 cm³/mol. The van der Waals surface area contributed by atoms with Gasteiger partial charge in [0.05, 0.1) is 0 Å². The summed E-state index contributed by atoms with van der Waals surface area (Å²) in [5, 5.41) is 2.94. The van der Waals surface area contributed by atoms with Crippen LogP contribution >= 0.6 is 0 Å². The molecule has 2 unspecified atom stereocenters. The normalized spacial score (nSPS) is 14.1. The van der Waals surface area contributed by atoms with E-state index in [0.29, 0.717) is 6.54 Å². The average Bonchev–Trinajstić information content (AvgIpc) is 2.43. The number of nitrogens with two attached hydrogens (primary N) is 1. The number of carbonyl (C=O) groups excluding carboxylic acids is 1. The van der Waals surface area contributed by atoms with Crippen LogP contribution in [0.3, 0.4) is 0 Å². The molecule has 3 N–H and O–H groups in total. The summed E-state index contributed by atoms with van der Waals surface area (Å²) in [6, 6.07) is 10.3. The zero-order valence-electron chi connectivity index (χ0n) is 12.8. The molecule has 0 saturated carbocycles. The largest absolute Gasteiger partial charge is 0.356 e. The summed E-state index contributed by atoms with van der Waals surface area (Å²) >= 11 is 0. The van der Waals surface area contributed by atoms with Crippen molar-refractivity contribution in [3.05, 3.63) is 35.9 Å². The summed E-state index contributed by atoms with van der Waals surface area (Å²) in [6.45, 7) is 6.32. The number of hydrogen-bond acceptors (Lipinski definition) is 3. The van der Waals surface area contributed by atoms with Crippen molar-refractivity contribution in [3.8, 4) is 0 Å². The molecule has 20 heavy (non-hydrogen) atoms. The molecule has 0 radical (unpaired) electrons. The molecule has 4 nitrogen and oxygen atoms in total. The van der Waals surface area contributed by atoms with Gasteiger partial charge in [0.15, 0.2) is 0 Å². The summed E-state index contributed by atoms with van der Waals surface area (Å²) in [6.07, 6.45) is 0.945. The molecule has 1 rings (SSSR count). The van der Waals surface area contributed by atoms with E-state index in [-0.39, 0.29) is 17.9 Å². The van der Waals surface area contributed by atoms with E-state index in [9.17, 15) is 4.79 Å². The maximum Gasteiger partial charge on any atom is 0.224 e. The first-order valence-corrected chi connectivity index (χ1v) is 7.26. The molecule has 0 aromatic heterocycles. The molecule has 0 heterocycles. The van der Waals surface area contributed by atoms with Gasteiger partial charge in [-0.15, -0.1) is 0 Å². The van der Waals surface area contributed by atoms with Crippen molar-refractivity contribution in [2.24, 2.45) is 11.7 Å². The molecule has 0 aliphatic carbocycles. The Kier molecular flexibility index (Phi) is 7.26. The summed E-state index contributed by atoms with van der Waals surface area (Å²) in [5.74, 6) is -0.0808. The zero-order chi connectivity index (χ0) is 15.0. The van der Waals surface area contributed by atoms with Gasteiger partial charge in [-0.3, -0.25) is 4.79 Å². The van der Waals surface area contributed by atoms with Crippen LogP contribution in [0.15, 0.2) is 30.3 Å². The first-order valence-electron chi connectivity index (χ1n) is 7.26. The van der Waals surface area contributed by atoms with E-state index in [1.54, 1.807) is 0 Å². The second kappa shape index (κ2) is 8.72. The Morgan fingerprint density at radius 2 is 1.95 bits per heavy atom. The van der Waals surface area contributed by atoms with Crippen molar-refractivity contribution in [3.63, 3.8) is 0 Å². The minimum atomic E-state index is -0.128. The fourth-order valence-corrected chi connectivity index (χ4v) is 1.93. The van der Waals surface area contributed by atoms with E-state index in [0.717, 1.165) is 19.5 Å². The van der Waals surface area contributed by atoms with Gasteiger partial charge in [0.25, 0.3) is 0 Å². The number of rotatable bonds is 8. The second-order valence-corrected chi connectivity index (χ2v) is 5.52. The van der Waals surface area contributed by atoms with E-state index in [4.69, 9.17) is 5.73 Å². The topological polar surface area (TPSA) is 58.4 Å². The van der Waals surface area contributed by atoms with Gasteiger partial charge >= 0.3 is 0 Å².